The van der Waals surface area contributed by atoms with Gasteiger partial charge in [-0.15, -0.1) is 0 Å². The largest absolute Gasteiger partial charge is 0.488 e. The van der Waals surface area contributed by atoms with Crippen molar-refractivity contribution in [1.29, 1.82) is 0 Å². The Kier molecular flexibility index (Phi) is 19.8. The van der Waals surface area contributed by atoms with Crippen molar-refractivity contribution >= 4 is 46.4 Å². The van der Waals surface area contributed by atoms with Crippen LogP contribution in [0.2, 0.25) is 15.1 Å². The van der Waals surface area contributed by atoms with Crippen LogP contribution < -0.4 is 53.7 Å². The van der Waals surface area contributed by atoms with Crippen molar-refractivity contribution in [2.75, 3.05) is 19.5 Å². The summed E-state index contributed by atoms with van der Waals surface area (Å²) in [7, 11) is 3.01. The van der Waals surface area contributed by atoms with E-state index >= 15 is 0 Å². The molecule has 5 heterocycles. The predicted octanol–water partition coefficient (Wildman–Crippen LogP) is 7.04. The van der Waals surface area contributed by atoms with Gasteiger partial charge in [-0.2, -0.15) is 15.0 Å². The third-order valence-corrected chi connectivity index (χ3v) is 12.4. The van der Waals surface area contributed by atoms with E-state index < -0.39 is 40.0 Å². The molecule has 0 aliphatic heterocycles. The summed E-state index contributed by atoms with van der Waals surface area (Å²) < 4.78 is 36.3. The summed E-state index contributed by atoms with van der Waals surface area (Å²) in [5, 5.41) is 4.70. The van der Waals surface area contributed by atoms with Crippen LogP contribution in [-0.2, 0) is 32.7 Å². The lowest BCUT2D eigenvalue weighted by Gasteiger charge is -2.16. The van der Waals surface area contributed by atoms with Gasteiger partial charge < -0.3 is 19.5 Å². The first-order chi connectivity index (χ1) is 38.3. The molecule has 80 heavy (non-hydrogen) atoms. The molecule has 9 rings (SSSR count). The number of aromatic nitrogens is 11. The summed E-state index contributed by atoms with van der Waals surface area (Å²) in [6.45, 7) is 7.63. The summed E-state index contributed by atoms with van der Waals surface area (Å²) in [5.74, 6) is 1.08. The maximum Gasteiger partial charge on any atom is 0.355 e. The van der Waals surface area contributed by atoms with E-state index in [4.69, 9.17) is 49.0 Å². The molecule has 4 aromatic carbocycles. The zero-order chi connectivity index (χ0) is 57.6. The monoisotopic (exact) mass is 1150 g/mol. The Labute approximate surface area is 470 Å². The quantitative estimate of drug-likeness (QED) is 0.0985. The molecule has 21 nitrogen and oxygen atoms in total. The molecule has 0 unspecified atom stereocenters. The van der Waals surface area contributed by atoms with Gasteiger partial charge in [-0.25, -0.2) is 52.3 Å². The molecule has 0 aliphatic carbocycles. The number of hydrogen-bond donors (Lipinski definition) is 2. The van der Waals surface area contributed by atoms with E-state index in [9.17, 15) is 33.2 Å². The molecule has 0 atom stereocenters. The topological polar surface area (TPSA) is 247 Å². The molecule has 414 valence electrons. The molecular weight excluding hydrogens is 1100 g/mol. The number of H-pyrrole nitrogens is 1. The molecular formula is C55H52Cl3FN12O9. The lowest BCUT2D eigenvalue weighted by molar-refractivity contribution is 0.231. The summed E-state index contributed by atoms with van der Waals surface area (Å²) in [6, 6.07) is 32.2. The zero-order valence-corrected chi connectivity index (χ0v) is 46.2. The third kappa shape index (κ3) is 15.8. The van der Waals surface area contributed by atoms with Crippen LogP contribution in [0.15, 0.2) is 156 Å². The molecule has 5 aromatic heterocycles. The number of rotatable bonds is 16. The van der Waals surface area contributed by atoms with Gasteiger partial charge in [0.15, 0.2) is 11.6 Å². The van der Waals surface area contributed by atoms with Crippen LogP contribution in [0.5, 0.6) is 17.5 Å². The van der Waals surface area contributed by atoms with E-state index in [-0.39, 0.29) is 37.4 Å². The van der Waals surface area contributed by atoms with Crippen LogP contribution in [0.4, 0.5) is 16.0 Å². The Hall–Kier alpha value is -8.99. The Bertz CT molecular complexity index is 3960. The molecule has 0 bridgehead atoms. The van der Waals surface area contributed by atoms with E-state index in [1.54, 1.807) is 113 Å². The number of ether oxygens (including phenoxy) is 3. The average molecular weight is 1150 g/mol. The van der Waals surface area contributed by atoms with E-state index in [1.807, 2.05) is 24.3 Å². The maximum absolute atomic E-state index is 14.6. The standard InChI is InChI=1S/C26H25ClFN5O4.C18H17ClN4O3.C11H10ClN3O2/c1-16(2)37-22-10-9-20(12-21(22)28)30-24-31-25(34)33(15-18-6-11-23(36-3)29-13-18)26(35)32(24)14-17-4-7-19(27)8-5-17;1-12-21-17(24)23(11-14-5-8-16(26-2)20-9-14)18(25)22(12)10-13-3-6-15(19)7-4-13;1-7-13-10(16)14-11(17)15(7)6-8-2-4-9(12)5-3-8/h4-13,16H,14-15H2,1-3H3,(H,30,31,34);3-9H,10-11H2,1-2H3;2-5H,6H2,1H3,(H,14,16,17). The van der Waals surface area contributed by atoms with E-state index in [0.717, 1.165) is 25.8 Å². The van der Waals surface area contributed by atoms with Crippen molar-refractivity contribution in [1.82, 2.24) is 52.7 Å². The highest BCUT2D eigenvalue weighted by Crippen LogP contribution is 2.24. The minimum atomic E-state index is -0.768. The van der Waals surface area contributed by atoms with E-state index in [1.165, 1.54) is 46.3 Å². The van der Waals surface area contributed by atoms with E-state index in [2.05, 4.69) is 35.2 Å². The molecule has 25 heteroatoms. The summed E-state index contributed by atoms with van der Waals surface area (Å²) >= 11 is 17.7. The van der Waals surface area contributed by atoms with Crippen molar-refractivity contribution in [3.63, 3.8) is 0 Å². The second-order valence-electron chi connectivity index (χ2n) is 17.8. The zero-order valence-electron chi connectivity index (χ0n) is 43.9. The Morgan fingerprint density at radius 2 is 0.963 bits per heavy atom. The second-order valence-corrected chi connectivity index (χ2v) is 19.1. The SMILES string of the molecule is COc1ccc(Cn2c(=O)nc(C)n(Cc3ccc(Cl)cc3)c2=O)cn1.COc1ccc(Cn2c(=O)nc(Nc3ccc(OC(C)C)c(F)c3)n(Cc3ccc(Cl)cc3)c2=O)cn1.Cc1nc(=O)[nH]c(=O)n1Cc1ccc(Cl)cc1. The Balaban J connectivity index is 0.000000186. The van der Waals surface area contributed by atoms with Crippen LogP contribution in [0, 0.1) is 19.7 Å². The van der Waals surface area contributed by atoms with Crippen LogP contribution in [0.1, 0.15) is 53.3 Å². The van der Waals surface area contributed by atoms with Gasteiger partial charge in [0.25, 0.3) is 0 Å². The number of anilines is 2. The number of nitrogens with zero attached hydrogens (tertiary/aromatic N) is 10. The fraction of sp³-hybridized carbons (Fsp3) is 0.218. The highest BCUT2D eigenvalue weighted by molar-refractivity contribution is 6.31. The van der Waals surface area contributed by atoms with Gasteiger partial charge in [0.2, 0.25) is 17.7 Å². The first-order valence-electron chi connectivity index (χ1n) is 24.3. The van der Waals surface area contributed by atoms with Gasteiger partial charge in [-0.3, -0.25) is 18.7 Å². The first kappa shape index (κ1) is 58.7. The van der Waals surface area contributed by atoms with Crippen LogP contribution >= 0.6 is 34.8 Å². The normalized spacial score (nSPS) is 10.8. The lowest BCUT2D eigenvalue weighted by Crippen LogP contribution is -2.43. The third-order valence-electron chi connectivity index (χ3n) is 11.6. The van der Waals surface area contributed by atoms with Gasteiger partial charge in [0.1, 0.15) is 11.6 Å². The number of aromatic amines is 1. The number of aryl methyl sites for hydroxylation is 2. The molecule has 0 saturated carbocycles. The van der Waals surface area contributed by atoms with Crippen molar-refractivity contribution in [3.8, 4) is 17.5 Å². The molecule has 0 amide bonds. The number of benzene rings is 4. The summed E-state index contributed by atoms with van der Waals surface area (Å²) in [6.07, 6.45) is 2.88. The predicted molar refractivity (Wildman–Crippen MR) is 301 cm³/mol. The summed E-state index contributed by atoms with van der Waals surface area (Å²) in [4.78, 5) is 96.1. The fourth-order valence-corrected chi connectivity index (χ4v) is 7.94. The first-order valence-corrected chi connectivity index (χ1v) is 25.4. The minimum Gasteiger partial charge on any atom is -0.488 e. The van der Waals surface area contributed by atoms with Gasteiger partial charge in [0, 0.05) is 51.3 Å². The van der Waals surface area contributed by atoms with Gasteiger partial charge >= 0.3 is 34.1 Å². The molecule has 0 radical (unpaired) electrons. The Morgan fingerprint density at radius 1 is 0.537 bits per heavy atom. The van der Waals surface area contributed by atoms with Crippen molar-refractivity contribution < 1.29 is 18.6 Å². The number of nitrogens with one attached hydrogen (secondary N) is 2. The number of halogens is 4. The van der Waals surface area contributed by atoms with Crippen LogP contribution in [0.25, 0.3) is 0 Å². The second kappa shape index (κ2) is 27.1. The summed E-state index contributed by atoms with van der Waals surface area (Å²) in [5.41, 5.74) is 0.690. The molecule has 0 spiro atoms. The highest BCUT2D eigenvalue weighted by atomic mass is 35.5. The van der Waals surface area contributed by atoms with Crippen molar-refractivity contribution in [2.24, 2.45) is 0 Å². The van der Waals surface area contributed by atoms with Crippen LogP contribution in [-0.4, -0.2) is 73.1 Å². The molecule has 0 fully saturated rings. The molecule has 0 aliphatic rings. The van der Waals surface area contributed by atoms with Crippen molar-refractivity contribution in [2.45, 2.75) is 66.5 Å². The molecule has 2 N–H and O–H groups in total. The number of methoxy groups -OCH3 is 2. The fourth-order valence-electron chi connectivity index (χ4n) is 7.56. The Morgan fingerprint density at radius 3 is 1.40 bits per heavy atom. The highest BCUT2D eigenvalue weighted by Gasteiger charge is 2.17. The maximum atomic E-state index is 14.6. The lowest BCUT2D eigenvalue weighted by atomic mass is 10.2. The smallest absolute Gasteiger partial charge is 0.355 e. The van der Waals surface area contributed by atoms with Crippen LogP contribution in [0.3, 0.4) is 0 Å². The van der Waals surface area contributed by atoms with E-state index in [0.29, 0.717) is 68.4 Å². The van der Waals surface area contributed by atoms with Gasteiger partial charge in [-0.1, -0.05) is 83.3 Å². The molecule has 0 saturated heterocycles. The molecule has 9 aromatic rings. The number of hydrogen-bond acceptors (Lipinski definition) is 15. The van der Waals surface area contributed by atoms with Crippen molar-refractivity contribution in [3.05, 3.63) is 251 Å². The average Bonchev–Trinajstić information content (AvgIpc) is 3.43. The van der Waals surface area contributed by atoms with Gasteiger partial charge in [-0.05, 0) is 104 Å². The minimum absolute atomic E-state index is 0.0361. The number of pyridine rings is 2. The van der Waals surface area contributed by atoms with Gasteiger partial charge in [0.05, 0.1) is 53.0 Å².